The Morgan fingerprint density at radius 1 is 1.00 bits per heavy atom. The summed E-state index contributed by atoms with van der Waals surface area (Å²) in [5, 5.41) is 4.46. The van der Waals surface area contributed by atoms with Crippen LogP contribution in [0.2, 0.25) is 0 Å². The second kappa shape index (κ2) is 7.54. The zero-order valence-electron chi connectivity index (χ0n) is 15.5. The molecule has 0 unspecified atom stereocenters. The fourth-order valence-corrected chi connectivity index (χ4v) is 5.05. The van der Waals surface area contributed by atoms with E-state index >= 15 is 0 Å². The van der Waals surface area contributed by atoms with Crippen molar-refractivity contribution < 1.29 is 18.7 Å². The number of fused-ring (bicyclic) bond motifs is 2. The molecule has 0 atom stereocenters. The summed E-state index contributed by atoms with van der Waals surface area (Å²) in [4.78, 5) is 23.8. The Balaban J connectivity index is 1.84. The van der Waals surface area contributed by atoms with Gasteiger partial charge in [-0.2, -0.15) is 0 Å². The summed E-state index contributed by atoms with van der Waals surface area (Å²) in [5.74, 6) is 1.03. The maximum atomic E-state index is 10.8. The fraction of sp³-hybridized carbons (Fsp3) is 0.167. The van der Waals surface area contributed by atoms with Crippen LogP contribution >= 0.6 is 19.3 Å². The van der Waals surface area contributed by atoms with Gasteiger partial charge in [0.25, 0.3) is 0 Å². The van der Waals surface area contributed by atoms with Crippen LogP contribution in [0.1, 0.15) is 0 Å². The van der Waals surface area contributed by atoms with Crippen molar-refractivity contribution in [3.05, 3.63) is 42.2 Å². The van der Waals surface area contributed by atoms with Crippen LogP contribution in [0.5, 0.6) is 5.75 Å². The van der Waals surface area contributed by atoms with Gasteiger partial charge in [0.15, 0.2) is 0 Å². The number of methoxy groups -OCH3 is 1. The van der Waals surface area contributed by atoms with Crippen LogP contribution in [0.25, 0.3) is 21.1 Å². The molecule has 2 heterocycles. The standard InChI is InChI=1S/C18H19N4O4PS/c1-24-15-8-13-12(7-16(15)27(23,25-2)26-3)18(20-9-19-13)22-11-4-5-17-14(6-11)21-10-28-17/h4-10,23,27H,1-3H3,(H,19,20,22). The predicted octanol–water partition coefficient (Wildman–Crippen LogP) is 3.40. The van der Waals surface area contributed by atoms with Crippen molar-refractivity contribution >= 4 is 57.2 Å². The molecule has 0 aliphatic heterocycles. The van der Waals surface area contributed by atoms with E-state index in [-0.39, 0.29) is 0 Å². The Morgan fingerprint density at radius 2 is 1.82 bits per heavy atom. The van der Waals surface area contributed by atoms with Gasteiger partial charge in [-0.05, 0) is 0 Å². The van der Waals surface area contributed by atoms with Crippen LogP contribution in [-0.2, 0) is 9.05 Å². The summed E-state index contributed by atoms with van der Waals surface area (Å²) in [7, 11) is 0.718. The van der Waals surface area contributed by atoms with Crippen molar-refractivity contribution in [2.75, 3.05) is 26.6 Å². The van der Waals surface area contributed by atoms with Gasteiger partial charge in [-0.3, -0.25) is 0 Å². The Hall–Kier alpha value is -2.42. The molecule has 2 N–H and O–H groups in total. The molecule has 28 heavy (non-hydrogen) atoms. The van der Waals surface area contributed by atoms with Crippen molar-refractivity contribution in [1.29, 1.82) is 0 Å². The summed E-state index contributed by atoms with van der Waals surface area (Å²) in [5.41, 5.74) is 4.24. The molecule has 10 heteroatoms. The number of aromatic nitrogens is 3. The number of ether oxygens (including phenoxy) is 1. The Morgan fingerprint density at radius 3 is 2.57 bits per heavy atom. The van der Waals surface area contributed by atoms with E-state index < -0.39 is 7.94 Å². The molecule has 0 saturated carbocycles. The van der Waals surface area contributed by atoms with Crippen LogP contribution in [-0.4, -0.2) is 41.2 Å². The zero-order valence-corrected chi connectivity index (χ0v) is 17.3. The Bertz CT molecular complexity index is 1150. The molecule has 0 fully saturated rings. The quantitative estimate of drug-likeness (QED) is 0.460. The summed E-state index contributed by atoms with van der Waals surface area (Å²) in [6.45, 7) is 0. The number of hydrogen-bond donors (Lipinski definition) is 2. The number of hydrogen-bond acceptors (Lipinski definition) is 9. The number of nitrogens with zero attached hydrogens (tertiary/aromatic N) is 3. The van der Waals surface area contributed by atoms with Crippen molar-refractivity contribution in [3.63, 3.8) is 0 Å². The second-order valence-corrected chi connectivity index (χ2v) is 9.35. The molecule has 4 rings (SSSR count). The van der Waals surface area contributed by atoms with E-state index in [1.165, 1.54) is 27.7 Å². The van der Waals surface area contributed by atoms with Gasteiger partial charge in [-0.25, -0.2) is 0 Å². The molecule has 0 bridgehead atoms. The third-order valence-electron chi connectivity index (χ3n) is 4.44. The SMILES string of the molecule is COc1cc2ncnc(Nc3ccc4scnc4c3)c2cc1[PH](O)(OC)OC. The summed E-state index contributed by atoms with van der Waals surface area (Å²) < 4.78 is 17.1. The van der Waals surface area contributed by atoms with E-state index in [1.807, 2.05) is 23.7 Å². The Kier molecular flexibility index (Phi) is 5.09. The minimum absolute atomic E-state index is 0.443. The van der Waals surface area contributed by atoms with E-state index in [0.717, 1.165) is 15.9 Å². The van der Waals surface area contributed by atoms with Gasteiger partial charge in [0, 0.05) is 0 Å². The van der Waals surface area contributed by atoms with Crippen molar-refractivity contribution in [1.82, 2.24) is 15.0 Å². The van der Waals surface area contributed by atoms with Crippen molar-refractivity contribution in [2.24, 2.45) is 0 Å². The van der Waals surface area contributed by atoms with Crippen LogP contribution in [0.4, 0.5) is 11.5 Å². The van der Waals surface area contributed by atoms with Crippen LogP contribution in [0, 0.1) is 0 Å². The topological polar surface area (TPSA) is 98.6 Å². The predicted molar refractivity (Wildman–Crippen MR) is 113 cm³/mol. The third-order valence-corrected chi connectivity index (χ3v) is 7.43. The molecular weight excluding hydrogens is 399 g/mol. The minimum atomic E-state index is -3.62. The van der Waals surface area contributed by atoms with E-state index in [0.29, 0.717) is 27.8 Å². The fourth-order valence-electron chi connectivity index (χ4n) is 2.97. The monoisotopic (exact) mass is 418 g/mol. The summed E-state index contributed by atoms with van der Waals surface area (Å²) >= 11 is 1.59. The first kappa shape index (κ1) is 18.9. The average molecular weight is 418 g/mol. The van der Waals surface area contributed by atoms with E-state index in [1.54, 1.807) is 23.5 Å². The molecule has 0 aliphatic carbocycles. The maximum absolute atomic E-state index is 10.8. The molecule has 0 radical (unpaired) electrons. The van der Waals surface area contributed by atoms with Crippen LogP contribution < -0.4 is 15.4 Å². The van der Waals surface area contributed by atoms with Gasteiger partial charge in [0.05, 0.1) is 0 Å². The number of thiazole rings is 1. The molecule has 8 nitrogen and oxygen atoms in total. The first-order valence-electron chi connectivity index (χ1n) is 8.34. The van der Waals surface area contributed by atoms with E-state index in [9.17, 15) is 4.89 Å². The first-order chi connectivity index (χ1) is 13.6. The van der Waals surface area contributed by atoms with Crippen molar-refractivity contribution in [3.8, 4) is 5.75 Å². The van der Waals surface area contributed by atoms with Gasteiger partial charge < -0.3 is 0 Å². The number of nitrogens with one attached hydrogen (secondary N) is 1. The average Bonchev–Trinajstić information content (AvgIpc) is 3.20. The normalized spacial score (nSPS) is 12.4. The van der Waals surface area contributed by atoms with Crippen molar-refractivity contribution in [2.45, 2.75) is 0 Å². The van der Waals surface area contributed by atoms with E-state index in [2.05, 4.69) is 20.3 Å². The molecule has 0 aliphatic rings. The molecule has 0 amide bonds. The number of anilines is 2. The summed E-state index contributed by atoms with van der Waals surface area (Å²) in [6, 6.07) is 9.41. The molecule has 4 aromatic rings. The Labute approximate surface area is 165 Å². The van der Waals surface area contributed by atoms with Gasteiger partial charge in [-0.1, -0.05) is 0 Å². The van der Waals surface area contributed by atoms with Gasteiger partial charge in [-0.15, -0.1) is 0 Å². The number of rotatable bonds is 6. The zero-order chi connectivity index (χ0) is 19.7. The van der Waals surface area contributed by atoms with Crippen LogP contribution in [0.3, 0.4) is 0 Å². The van der Waals surface area contributed by atoms with Gasteiger partial charge in [0.2, 0.25) is 0 Å². The number of benzene rings is 2. The molecule has 0 spiro atoms. The first-order valence-corrected chi connectivity index (χ1v) is 11.0. The molecule has 0 saturated heterocycles. The summed E-state index contributed by atoms with van der Waals surface area (Å²) in [6.07, 6.45) is 1.47. The molecular formula is C18H19N4O4PS. The van der Waals surface area contributed by atoms with Gasteiger partial charge in [0.1, 0.15) is 0 Å². The second-order valence-electron chi connectivity index (χ2n) is 5.94. The van der Waals surface area contributed by atoms with E-state index in [4.69, 9.17) is 13.8 Å². The van der Waals surface area contributed by atoms with Gasteiger partial charge >= 0.3 is 165 Å². The third kappa shape index (κ3) is 3.28. The molecule has 146 valence electrons. The molecule has 2 aromatic carbocycles. The molecule has 2 aromatic heterocycles. The van der Waals surface area contributed by atoms with Crippen LogP contribution in [0.15, 0.2) is 42.2 Å².